The Hall–Kier alpha value is -1.88. The van der Waals surface area contributed by atoms with Crippen LogP contribution in [-0.2, 0) is 22.4 Å². The van der Waals surface area contributed by atoms with E-state index in [1.165, 1.54) is 12.8 Å². The standard InChI is InChI=1S/C18H25N3O2/c1-12(8-13-4-6-19-7-5-13)20-17(22)10-14-2-3-15-11-18(23)21-16(15)9-14/h2-3,9,12-13,19H,4-8,10-11H2,1H3,(H,20,22)(H,21,23). The van der Waals surface area contributed by atoms with E-state index in [2.05, 4.69) is 22.9 Å². The maximum absolute atomic E-state index is 12.2. The number of piperidine rings is 1. The van der Waals surface area contributed by atoms with Crippen LogP contribution in [0.1, 0.15) is 37.3 Å². The van der Waals surface area contributed by atoms with Crippen LogP contribution in [-0.4, -0.2) is 30.9 Å². The van der Waals surface area contributed by atoms with E-state index >= 15 is 0 Å². The van der Waals surface area contributed by atoms with Gasteiger partial charge in [-0.3, -0.25) is 9.59 Å². The lowest BCUT2D eigenvalue weighted by Crippen LogP contribution is -2.37. The molecule has 1 fully saturated rings. The Morgan fingerprint density at radius 2 is 2.13 bits per heavy atom. The zero-order valence-electron chi connectivity index (χ0n) is 13.7. The quantitative estimate of drug-likeness (QED) is 0.773. The van der Waals surface area contributed by atoms with Crippen LogP contribution in [0.4, 0.5) is 5.69 Å². The van der Waals surface area contributed by atoms with E-state index < -0.39 is 0 Å². The number of carbonyl (C=O) groups excluding carboxylic acids is 2. The lowest BCUT2D eigenvalue weighted by molar-refractivity contribution is -0.121. The molecule has 1 aromatic carbocycles. The molecule has 5 nitrogen and oxygen atoms in total. The largest absolute Gasteiger partial charge is 0.353 e. The Kier molecular flexibility index (Phi) is 4.96. The van der Waals surface area contributed by atoms with Crippen molar-refractivity contribution >= 4 is 17.5 Å². The molecular formula is C18H25N3O2. The molecule has 0 saturated carbocycles. The number of amides is 2. The first-order chi connectivity index (χ1) is 11.1. The molecule has 1 aromatic rings. The van der Waals surface area contributed by atoms with Crippen molar-refractivity contribution in [3.63, 3.8) is 0 Å². The van der Waals surface area contributed by atoms with Gasteiger partial charge in [-0.25, -0.2) is 0 Å². The number of hydrogen-bond acceptors (Lipinski definition) is 3. The normalized spacial score (nSPS) is 19.1. The van der Waals surface area contributed by atoms with E-state index in [-0.39, 0.29) is 17.9 Å². The highest BCUT2D eigenvalue weighted by Gasteiger charge is 2.19. The molecule has 2 aliphatic rings. The summed E-state index contributed by atoms with van der Waals surface area (Å²) in [5.41, 5.74) is 2.80. The molecule has 124 valence electrons. The molecule has 0 bridgehead atoms. The summed E-state index contributed by atoms with van der Waals surface area (Å²) < 4.78 is 0. The number of fused-ring (bicyclic) bond motifs is 1. The minimum Gasteiger partial charge on any atom is -0.353 e. The Labute approximate surface area is 137 Å². The number of rotatable bonds is 5. The Bertz CT molecular complexity index is 594. The van der Waals surface area contributed by atoms with Crippen molar-refractivity contribution in [2.24, 2.45) is 5.92 Å². The maximum Gasteiger partial charge on any atom is 0.228 e. The fourth-order valence-electron chi connectivity index (χ4n) is 3.56. The minimum absolute atomic E-state index is 0.0252. The number of nitrogens with one attached hydrogen (secondary N) is 3. The Balaban J connectivity index is 1.49. The van der Waals surface area contributed by atoms with Gasteiger partial charge in [-0.1, -0.05) is 12.1 Å². The summed E-state index contributed by atoms with van der Waals surface area (Å²) in [5, 5.41) is 9.30. The molecule has 0 radical (unpaired) electrons. The summed E-state index contributed by atoms with van der Waals surface area (Å²) >= 11 is 0. The summed E-state index contributed by atoms with van der Waals surface area (Å²) in [6.45, 7) is 4.27. The summed E-state index contributed by atoms with van der Waals surface area (Å²) in [5.74, 6) is 0.787. The third-order valence-corrected chi connectivity index (χ3v) is 4.72. The van der Waals surface area contributed by atoms with E-state index in [0.717, 1.165) is 36.3 Å². The van der Waals surface area contributed by atoms with Gasteiger partial charge < -0.3 is 16.0 Å². The molecule has 2 aliphatic heterocycles. The molecule has 3 N–H and O–H groups in total. The van der Waals surface area contributed by atoms with Crippen LogP contribution in [0.15, 0.2) is 18.2 Å². The maximum atomic E-state index is 12.2. The van der Waals surface area contributed by atoms with E-state index in [0.29, 0.717) is 18.8 Å². The van der Waals surface area contributed by atoms with Gasteiger partial charge >= 0.3 is 0 Å². The topological polar surface area (TPSA) is 70.2 Å². The summed E-state index contributed by atoms with van der Waals surface area (Å²) in [7, 11) is 0. The predicted octanol–water partition coefficient (Wildman–Crippen LogP) is 1.62. The van der Waals surface area contributed by atoms with E-state index in [4.69, 9.17) is 0 Å². The first-order valence-electron chi connectivity index (χ1n) is 8.52. The third kappa shape index (κ3) is 4.32. The van der Waals surface area contributed by atoms with Crippen molar-refractivity contribution in [2.45, 2.75) is 45.1 Å². The van der Waals surface area contributed by atoms with Gasteiger partial charge in [-0.05, 0) is 62.4 Å². The number of anilines is 1. The fraction of sp³-hybridized carbons (Fsp3) is 0.556. The molecule has 0 aromatic heterocycles. The number of hydrogen-bond donors (Lipinski definition) is 3. The molecule has 0 spiro atoms. The highest BCUT2D eigenvalue weighted by atomic mass is 16.2. The monoisotopic (exact) mass is 315 g/mol. The molecule has 2 heterocycles. The molecule has 0 aliphatic carbocycles. The van der Waals surface area contributed by atoms with E-state index in [1.54, 1.807) is 0 Å². The van der Waals surface area contributed by atoms with Crippen LogP contribution in [0.3, 0.4) is 0 Å². The zero-order valence-corrected chi connectivity index (χ0v) is 13.7. The second-order valence-electron chi connectivity index (χ2n) is 6.79. The molecule has 1 unspecified atom stereocenters. The first-order valence-corrected chi connectivity index (χ1v) is 8.52. The third-order valence-electron chi connectivity index (χ3n) is 4.72. The van der Waals surface area contributed by atoms with Crippen molar-refractivity contribution in [1.29, 1.82) is 0 Å². The van der Waals surface area contributed by atoms with Gasteiger partial charge in [-0.15, -0.1) is 0 Å². The Morgan fingerprint density at radius 3 is 2.91 bits per heavy atom. The van der Waals surface area contributed by atoms with Gasteiger partial charge in [0, 0.05) is 11.7 Å². The molecule has 5 heteroatoms. The van der Waals surface area contributed by atoms with Crippen molar-refractivity contribution in [2.75, 3.05) is 18.4 Å². The predicted molar refractivity (Wildman–Crippen MR) is 90.3 cm³/mol. The molecule has 1 saturated heterocycles. The second kappa shape index (κ2) is 7.13. The van der Waals surface area contributed by atoms with Crippen LogP contribution >= 0.6 is 0 Å². The second-order valence-corrected chi connectivity index (χ2v) is 6.79. The van der Waals surface area contributed by atoms with E-state index in [9.17, 15) is 9.59 Å². The average molecular weight is 315 g/mol. The summed E-state index contributed by atoms with van der Waals surface area (Å²) in [4.78, 5) is 23.6. The Morgan fingerprint density at radius 1 is 1.35 bits per heavy atom. The van der Waals surface area contributed by atoms with Crippen LogP contribution in [0.25, 0.3) is 0 Å². The summed E-state index contributed by atoms with van der Waals surface area (Å²) in [6.07, 6.45) is 4.25. The van der Waals surface area contributed by atoms with E-state index in [1.807, 2.05) is 18.2 Å². The molecule has 23 heavy (non-hydrogen) atoms. The van der Waals surface area contributed by atoms with Crippen LogP contribution < -0.4 is 16.0 Å². The number of carbonyl (C=O) groups is 2. The van der Waals surface area contributed by atoms with Gasteiger partial charge in [0.1, 0.15) is 0 Å². The van der Waals surface area contributed by atoms with Crippen molar-refractivity contribution in [1.82, 2.24) is 10.6 Å². The lowest BCUT2D eigenvalue weighted by atomic mass is 9.91. The van der Waals surface area contributed by atoms with Gasteiger partial charge in [0.25, 0.3) is 0 Å². The SMILES string of the molecule is CC(CC1CCNCC1)NC(=O)Cc1ccc2c(c1)NC(=O)C2. The lowest BCUT2D eigenvalue weighted by Gasteiger charge is -2.25. The minimum atomic E-state index is 0.0252. The van der Waals surface area contributed by atoms with Crippen LogP contribution in [0.2, 0.25) is 0 Å². The molecule has 2 amide bonds. The van der Waals surface area contributed by atoms with Gasteiger partial charge in [0.2, 0.25) is 11.8 Å². The first kappa shape index (κ1) is 16.0. The average Bonchev–Trinajstić information content (AvgIpc) is 2.87. The highest BCUT2D eigenvalue weighted by molar-refractivity contribution is 5.99. The molecular weight excluding hydrogens is 290 g/mol. The summed E-state index contributed by atoms with van der Waals surface area (Å²) in [6, 6.07) is 6.00. The van der Waals surface area contributed by atoms with Gasteiger partial charge in [0.05, 0.1) is 12.8 Å². The van der Waals surface area contributed by atoms with Crippen LogP contribution in [0, 0.1) is 5.92 Å². The van der Waals surface area contributed by atoms with Crippen molar-refractivity contribution in [3.8, 4) is 0 Å². The van der Waals surface area contributed by atoms with Crippen LogP contribution in [0.5, 0.6) is 0 Å². The van der Waals surface area contributed by atoms with Crippen molar-refractivity contribution < 1.29 is 9.59 Å². The smallest absolute Gasteiger partial charge is 0.228 e. The molecule has 3 rings (SSSR count). The highest BCUT2D eigenvalue weighted by Crippen LogP contribution is 2.24. The number of benzene rings is 1. The van der Waals surface area contributed by atoms with Gasteiger partial charge in [-0.2, -0.15) is 0 Å². The zero-order chi connectivity index (χ0) is 16.2. The molecule has 1 atom stereocenters. The van der Waals surface area contributed by atoms with Crippen molar-refractivity contribution in [3.05, 3.63) is 29.3 Å². The fourth-order valence-corrected chi connectivity index (χ4v) is 3.56. The van der Waals surface area contributed by atoms with Gasteiger partial charge in [0.15, 0.2) is 0 Å².